The molecular formula is C12H13FO5. The average molecular weight is 256 g/mol. The maximum Gasteiger partial charge on any atom is 0.350 e. The second kappa shape index (κ2) is 5.59. The SMILES string of the molecule is CCOC(=O)C(O)(Cc1ccc(F)cc1)C(=O)O. The van der Waals surface area contributed by atoms with Crippen molar-refractivity contribution < 1.29 is 28.9 Å². The Labute approximate surface area is 103 Å². The van der Waals surface area contributed by atoms with Crippen molar-refractivity contribution in [3.63, 3.8) is 0 Å². The van der Waals surface area contributed by atoms with Gasteiger partial charge in [0, 0.05) is 6.42 Å². The second-order valence-electron chi connectivity index (χ2n) is 3.69. The first kappa shape index (κ1) is 14.1. The molecule has 18 heavy (non-hydrogen) atoms. The van der Waals surface area contributed by atoms with Crippen molar-refractivity contribution in [3.8, 4) is 0 Å². The molecule has 1 rings (SSSR count). The molecule has 2 N–H and O–H groups in total. The van der Waals surface area contributed by atoms with E-state index < -0.39 is 29.8 Å². The first-order valence-corrected chi connectivity index (χ1v) is 5.27. The van der Waals surface area contributed by atoms with Crippen LogP contribution in [0, 0.1) is 5.82 Å². The van der Waals surface area contributed by atoms with E-state index in [0.717, 1.165) is 12.1 Å². The highest BCUT2D eigenvalue weighted by molar-refractivity contribution is 6.02. The number of aliphatic carboxylic acids is 1. The summed E-state index contributed by atoms with van der Waals surface area (Å²) in [6, 6.07) is 4.82. The Morgan fingerprint density at radius 2 is 1.89 bits per heavy atom. The lowest BCUT2D eigenvalue weighted by atomic mass is 9.94. The van der Waals surface area contributed by atoms with E-state index in [0.29, 0.717) is 5.56 Å². The Bertz CT molecular complexity index is 442. The minimum Gasteiger partial charge on any atom is -0.479 e. The number of ether oxygens (including phenoxy) is 1. The molecule has 0 radical (unpaired) electrons. The second-order valence-corrected chi connectivity index (χ2v) is 3.69. The zero-order valence-electron chi connectivity index (χ0n) is 9.72. The van der Waals surface area contributed by atoms with E-state index in [1.807, 2.05) is 0 Å². The maximum atomic E-state index is 12.7. The molecule has 0 bridgehead atoms. The minimum absolute atomic E-state index is 0.0438. The van der Waals surface area contributed by atoms with Crippen LogP contribution in [0.2, 0.25) is 0 Å². The fourth-order valence-corrected chi connectivity index (χ4v) is 1.38. The number of aliphatic hydroxyl groups is 1. The van der Waals surface area contributed by atoms with Crippen LogP contribution in [-0.4, -0.2) is 34.4 Å². The molecule has 0 saturated carbocycles. The van der Waals surface area contributed by atoms with Crippen LogP contribution < -0.4 is 0 Å². The molecule has 0 aromatic heterocycles. The third kappa shape index (κ3) is 3.04. The number of carboxylic acids is 1. The number of rotatable bonds is 5. The van der Waals surface area contributed by atoms with Crippen molar-refractivity contribution in [1.82, 2.24) is 0 Å². The molecule has 1 atom stereocenters. The van der Waals surface area contributed by atoms with Crippen molar-refractivity contribution in [2.24, 2.45) is 0 Å². The number of esters is 1. The van der Waals surface area contributed by atoms with Crippen LogP contribution in [0.25, 0.3) is 0 Å². The van der Waals surface area contributed by atoms with Gasteiger partial charge in [-0.1, -0.05) is 12.1 Å². The largest absolute Gasteiger partial charge is 0.479 e. The van der Waals surface area contributed by atoms with E-state index in [2.05, 4.69) is 4.74 Å². The first-order valence-electron chi connectivity index (χ1n) is 5.27. The van der Waals surface area contributed by atoms with E-state index >= 15 is 0 Å². The molecule has 0 aliphatic rings. The summed E-state index contributed by atoms with van der Waals surface area (Å²) in [6.45, 7) is 1.45. The van der Waals surface area contributed by atoms with Crippen LogP contribution >= 0.6 is 0 Å². The van der Waals surface area contributed by atoms with E-state index in [1.54, 1.807) is 0 Å². The molecule has 5 nitrogen and oxygen atoms in total. The van der Waals surface area contributed by atoms with Gasteiger partial charge in [-0.25, -0.2) is 14.0 Å². The highest BCUT2D eigenvalue weighted by Crippen LogP contribution is 2.16. The van der Waals surface area contributed by atoms with Crippen LogP contribution in [0.15, 0.2) is 24.3 Å². The Balaban J connectivity index is 2.96. The third-order valence-corrected chi connectivity index (χ3v) is 2.34. The van der Waals surface area contributed by atoms with Gasteiger partial charge >= 0.3 is 11.9 Å². The number of benzene rings is 1. The average Bonchev–Trinajstić information content (AvgIpc) is 2.32. The summed E-state index contributed by atoms with van der Waals surface area (Å²) in [6.07, 6.45) is -0.485. The highest BCUT2D eigenvalue weighted by atomic mass is 19.1. The predicted octanol–water partition coefficient (Wildman–Crippen LogP) is 0.747. The van der Waals surface area contributed by atoms with Crippen LogP contribution in [-0.2, 0) is 20.7 Å². The molecule has 6 heteroatoms. The van der Waals surface area contributed by atoms with Gasteiger partial charge in [0.05, 0.1) is 6.61 Å². The molecule has 1 aromatic carbocycles. The number of carboxylic acid groups (broad SMARTS) is 1. The molecule has 0 fully saturated rings. The molecule has 98 valence electrons. The summed E-state index contributed by atoms with van der Waals surface area (Å²) < 4.78 is 17.2. The summed E-state index contributed by atoms with van der Waals surface area (Å²) in [5, 5.41) is 18.8. The summed E-state index contributed by atoms with van der Waals surface area (Å²) in [4.78, 5) is 22.4. The van der Waals surface area contributed by atoms with Crippen molar-refractivity contribution in [2.75, 3.05) is 6.61 Å². The molecule has 0 heterocycles. The number of carbonyl (C=O) groups excluding carboxylic acids is 1. The number of halogens is 1. The zero-order valence-corrected chi connectivity index (χ0v) is 9.72. The summed E-state index contributed by atoms with van der Waals surface area (Å²) in [5.41, 5.74) is -2.34. The van der Waals surface area contributed by atoms with Gasteiger partial charge in [-0.2, -0.15) is 0 Å². The summed E-state index contributed by atoms with van der Waals surface area (Å²) in [5.74, 6) is -3.43. The molecule has 1 unspecified atom stereocenters. The van der Waals surface area contributed by atoms with Crippen molar-refractivity contribution >= 4 is 11.9 Å². The highest BCUT2D eigenvalue weighted by Gasteiger charge is 2.46. The molecule has 1 aromatic rings. The lowest BCUT2D eigenvalue weighted by Gasteiger charge is -2.21. The van der Waals surface area contributed by atoms with Crippen LogP contribution in [0.1, 0.15) is 12.5 Å². The Hall–Kier alpha value is -1.95. The molecule has 0 aliphatic heterocycles. The van der Waals surface area contributed by atoms with E-state index in [1.165, 1.54) is 19.1 Å². The monoisotopic (exact) mass is 256 g/mol. The van der Waals surface area contributed by atoms with Crippen LogP contribution in [0.4, 0.5) is 4.39 Å². The topological polar surface area (TPSA) is 83.8 Å². The fourth-order valence-electron chi connectivity index (χ4n) is 1.38. The normalized spacial score (nSPS) is 13.7. The van der Waals surface area contributed by atoms with Gasteiger partial charge < -0.3 is 14.9 Å². The number of carbonyl (C=O) groups is 2. The van der Waals surface area contributed by atoms with Crippen LogP contribution in [0.3, 0.4) is 0 Å². The van der Waals surface area contributed by atoms with E-state index in [4.69, 9.17) is 5.11 Å². The molecular weight excluding hydrogens is 243 g/mol. The van der Waals surface area contributed by atoms with Gasteiger partial charge in [-0.3, -0.25) is 0 Å². The predicted molar refractivity (Wildman–Crippen MR) is 59.3 cm³/mol. The molecule has 0 aliphatic carbocycles. The standard InChI is InChI=1S/C12H13FO5/c1-2-18-11(16)12(17,10(14)15)7-8-3-5-9(13)6-4-8/h3-6,17H,2,7H2,1H3,(H,14,15). The number of hydrogen-bond acceptors (Lipinski definition) is 4. The minimum atomic E-state index is -2.66. The maximum absolute atomic E-state index is 12.7. The quantitative estimate of drug-likeness (QED) is 0.600. The van der Waals surface area contributed by atoms with Gasteiger partial charge in [-0.05, 0) is 24.6 Å². The lowest BCUT2D eigenvalue weighted by molar-refractivity contribution is -0.179. The molecule has 0 saturated heterocycles. The van der Waals surface area contributed by atoms with Gasteiger partial charge in [-0.15, -0.1) is 0 Å². The van der Waals surface area contributed by atoms with Gasteiger partial charge in [0.25, 0.3) is 5.60 Å². The number of hydrogen-bond donors (Lipinski definition) is 2. The Kier molecular flexibility index (Phi) is 4.38. The van der Waals surface area contributed by atoms with Crippen molar-refractivity contribution in [2.45, 2.75) is 18.9 Å². The third-order valence-electron chi connectivity index (χ3n) is 2.34. The first-order chi connectivity index (χ1) is 8.40. The smallest absolute Gasteiger partial charge is 0.350 e. The molecule has 0 amide bonds. The summed E-state index contributed by atoms with van der Waals surface area (Å²) in [7, 11) is 0. The van der Waals surface area contributed by atoms with Crippen molar-refractivity contribution in [3.05, 3.63) is 35.6 Å². The lowest BCUT2D eigenvalue weighted by Crippen LogP contribution is -2.49. The Morgan fingerprint density at radius 1 is 1.33 bits per heavy atom. The van der Waals surface area contributed by atoms with Gasteiger partial charge in [0.15, 0.2) is 0 Å². The van der Waals surface area contributed by atoms with E-state index in [-0.39, 0.29) is 6.61 Å². The summed E-state index contributed by atoms with van der Waals surface area (Å²) >= 11 is 0. The fraction of sp³-hybridized carbons (Fsp3) is 0.333. The van der Waals surface area contributed by atoms with E-state index in [9.17, 15) is 19.1 Å². The van der Waals surface area contributed by atoms with Crippen molar-refractivity contribution in [1.29, 1.82) is 0 Å². The van der Waals surface area contributed by atoms with Crippen LogP contribution in [0.5, 0.6) is 0 Å². The molecule has 0 spiro atoms. The zero-order chi connectivity index (χ0) is 13.8. The Morgan fingerprint density at radius 3 is 2.33 bits per heavy atom. The van der Waals surface area contributed by atoms with Gasteiger partial charge in [0.2, 0.25) is 0 Å². The van der Waals surface area contributed by atoms with Gasteiger partial charge in [0.1, 0.15) is 5.82 Å².